The summed E-state index contributed by atoms with van der Waals surface area (Å²) in [6.45, 7) is 0. The highest BCUT2D eigenvalue weighted by molar-refractivity contribution is 6.10. The smallest absolute Gasteiger partial charge is 0.346 e. The number of carbonyl (C=O) groups excluding carboxylic acids is 1. The minimum atomic E-state index is -3.19. The van der Waals surface area contributed by atoms with Crippen LogP contribution in [0.2, 0.25) is 0 Å². The predicted molar refractivity (Wildman–Crippen MR) is 43.1 cm³/mol. The van der Waals surface area contributed by atoms with Crippen molar-refractivity contribution in [1.29, 1.82) is 0 Å². The number of aliphatic carboxylic acids is 1. The Kier molecular flexibility index (Phi) is 3.45. The maximum Gasteiger partial charge on any atom is 0.346 e. The van der Waals surface area contributed by atoms with Gasteiger partial charge in [-0.2, -0.15) is 0 Å². The van der Waals surface area contributed by atoms with E-state index in [9.17, 15) is 31.5 Å². The Hall–Kier alpha value is -1.99. The summed E-state index contributed by atoms with van der Waals surface area (Å²) in [5.41, 5.74) is -1.50. The Morgan fingerprint density at radius 3 is 2.06 bits per heavy atom. The summed E-state index contributed by atoms with van der Waals surface area (Å²) in [5, 5.41) is 8.12. The summed E-state index contributed by atoms with van der Waals surface area (Å²) in [4.78, 5) is 21.1. The average Bonchev–Trinajstić information content (AvgIpc) is 2.29. The Bertz CT molecular complexity index is 500. The van der Waals surface area contributed by atoms with Crippen LogP contribution in [0.5, 0.6) is 0 Å². The molecule has 0 spiro atoms. The van der Waals surface area contributed by atoms with E-state index >= 15 is 0 Å². The maximum atomic E-state index is 13.0. The molecule has 0 radical (unpaired) electrons. The van der Waals surface area contributed by atoms with E-state index < -0.39 is 46.8 Å². The molecule has 0 aromatic heterocycles. The van der Waals surface area contributed by atoms with Gasteiger partial charge in [0.2, 0.25) is 5.78 Å². The lowest BCUT2D eigenvalue weighted by atomic mass is 10.1. The van der Waals surface area contributed by atoms with Crippen molar-refractivity contribution in [3.63, 3.8) is 0 Å². The second-order valence-electron chi connectivity index (χ2n) is 2.91. The minimum Gasteiger partial charge on any atom is -0.479 e. The lowest BCUT2D eigenvalue weighted by molar-refractivity contribution is -0.140. The summed E-state index contributed by atoms with van der Waals surface area (Å²) in [6.07, 6.45) is -3.19. The van der Waals surface area contributed by atoms with E-state index in [2.05, 4.69) is 0 Å². The second kappa shape index (κ2) is 4.48. The van der Waals surface area contributed by atoms with Crippen LogP contribution in [-0.4, -0.2) is 23.0 Å². The molecule has 0 aliphatic rings. The molecule has 0 bridgehead atoms. The Morgan fingerprint density at radius 2 is 1.59 bits per heavy atom. The quantitative estimate of drug-likeness (QED) is 0.294. The second-order valence-corrected chi connectivity index (χ2v) is 2.91. The van der Waals surface area contributed by atoms with Crippen LogP contribution < -0.4 is 0 Å². The van der Waals surface area contributed by atoms with Gasteiger partial charge in [0.15, 0.2) is 23.3 Å². The number of carbonyl (C=O) groups is 2. The number of halogens is 5. The third-order valence-corrected chi connectivity index (χ3v) is 1.82. The van der Waals surface area contributed by atoms with E-state index in [1.807, 2.05) is 0 Å². The molecule has 0 fully saturated rings. The topological polar surface area (TPSA) is 54.4 Å². The van der Waals surface area contributed by atoms with Gasteiger partial charge in [0.05, 0.1) is 5.56 Å². The summed E-state index contributed by atoms with van der Waals surface area (Å²) in [5.74, 6) is -12.8. The van der Waals surface area contributed by atoms with Crippen LogP contribution in [0.4, 0.5) is 22.0 Å². The Labute approximate surface area is 90.5 Å². The molecule has 0 saturated carbocycles. The molecule has 92 valence electrons. The molecule has 0 heterocycles. The Balaban J connectivity index is 3.34. The minimum absolute atomic E-state index is 0.106. The van der Waals surface area contributed by atoms with Crippen molar-refractivity contribution in [3.8, 4) is 0 Å². The first-order valence-corrected chi connectivity index (χ1v) is 4.01. The van der Waals surface area contributed by atoms with Gasteiger partial charge in [0, 0.05) is 0 Å². The van der Waals surface area contributed by atoms with Crippen LogP contribution in [-0.2, 0) is 4.79 Å². The molecule has 1 aromatic rings. The van der Waals surface area contributed by atoms with Crippen LogP contribution >= 0.6 is 0 Å². The van der Waals surface area contributed by atoms with E-state index in [-0.39, 0.29) is 6.07 Å². The van der Waals surface area contributed by atoms with Gasteiger partial charge in [0.25, 0.3) is 6.17 Å². The van der Waals surface area contributed by atoms with Crippen LogP contribution in [0.25, 0.3) is 0 Å². The monoisotopic (exact) mass is 254 g/mol. The largest absolute Gasteiger partial charge is 0.479 e. The normalized spacial score (nSPS) is 12.3. The number of Topliss-reactive ketones (excluding diaryl/α,β-unsaturated/α-hetero) is 1. The zero-order valence-electron chi connectivity index (χ0n) is 7.81. The van der Waals surface area contributed by atoms with E-state index in [0.717, 1.165) is 0 Å². The molecule has 0 saturated heterocycles. The van der Waals surface area contributed by atoms with Crippen molar-refractivity contribution < 1.29 is 36.6 Å². The third-order valence-electron chi connectivity index (χ3n) is 1.82. The Morgan fingerprint density at radius 1 is 1.06 bits per heavy atom. The number of benzene rings is 1. The number of hydrogen-bond acceptors (Lipinski definition) is 2. The van der Waals surface area contributed by atoms with Gasteiger partial charge in [0.1, 0.15) is 0 Å². The molecular formula is C9H3F5O3. The van der Waals surface area contributed by atoms with E-state index in [4.69, 9.17) is 5.11 Å². The number of ketones is 1. The maximum absolute atomic E-state index is 13.0. The highest BCUT2D eigenvalue weighted by atomic mass is 19.2. The number of rotatable bonds is 3. The van der Waals surface area contributed by atoms with Gasteiger partial charge in [-0.15, -0.1) is 0 Å². The van der Waals surface area contributed by atoms with E-state index in [1.165, 1.54) is 0 Å². The van der Waals surface area contributed by atoms with Crippen LogP contribution in [0.1, 0.15) is 10.4 Å². The standard InChI is InChI=1S/C9H3F5O3/c10-3-1-2(4(11)6(13)5(3)12)8(15)7(14)9(16)17/h1,7H,(H,16,17). The van der Waals surface area contributed by atoms with Crippen molar-refractivity contribution >= 4 is 11.8 Å². The fraction of sp³-hybridized carbons (Fsp3) is 0.111. The fourth-order valence-electron chi connectivity index (χ4n) is 1.00. The van der Waals surface area contributed by atoms with Gasteiger partial charge in [-0.3, -0.25) is 4.79 Å². The number of carboxylic acid groups (broad SMARTS) is 1. The summed E-state index contributed by atoms with van der Waals surface area (Å²) in [7, 11) is 0. The number of carboxylic acids is 1. The molecule has 0 aliphatic carbocycles. The van der Waals surface area contributed by atoms with Crippen molar-refractivity contribution in [2.75, 3.05) is 0 Å². The molecule has 1 aromatic carbocycles. The molecule has 8 heteroatoms. The van der Waals surface area contributed by atoms with Gasteiger partial charge in [-0.05, 0) is 6.07 Å². The van der Waals surface area contributed by atoms with Crippen LogP contribution in [0.3, 0.4) is 0 Å². The first kappa shape index (κ1) is 13.1. The zero-order chi connectivity index (χ0) is 13.3. The lowest BCUT2D eigenvalue weighted by Gasteiger charge is -2.05. The third kappa shape index (κ3) is 2.24. The van der Waals surface area contributed by atoms with Gasteiger partial charge in [-0.1, -0.05) is 0 Å². The van der Waals surface area contributed by atoms with Crippen molar-refractivity contribution in [1.82, 2.24) is 0 Å². The average molecular weight is 254 g/mol. The summed E-state index contributed by atoms with van der Waals surface area (Å²) < 4.78 is 63.4. The van der Waals surface area contributed by atoms with Crippen molar-refractivity contribution in [2.45, 2.75) is 6.17 Å². The molecule has 17 heavy (non-hydrogen) atoms. The molecular weight excluding hydrogens is 251 g/mol. The summed E-state index contributed by atoms with van der Waals surface area (Å²) in [6, 6.07) is -0.106. The predicted octanol–water partition coefficient (Wildman–Crippen LogP) is 1.85. The first-order valence-electron chi connectivity index (χ1n) is 4.01. The van der Waals surface area contributed by atoms with Crippen LogP contribution in [0.15, 0.2) is 6.07 Å². The van der Waals surface area contributed by atoms with E-state index in [0.29, 0.717) is 0 Å². The van der Waals surface area contributed by atoms with Crippen LogP contribution in [0, 0.1) is 23.3 Å². The number of alkyl halides is 1. The molecule has 1 atom stereocenters. The fourth-order valence-corrected chi connectivity index (χ4v) is 1.00. The lowest BCUT2D eigenvalue weighted by Crippen LogP contribution is -2.26. The zero-order valence-corrected chi connectivity index (χ0v) is 7.81. The first-order chi connectivity index (χ1) is 7.77. The molecule has 1 N–H and O–H groups in total. The number of hydrogen-bond donors (Lipinski definition) is 1. The van der Waals surface area contributed by atoms with Crippen molar-refractivity contribution in [2.24, 2.45) is 0 Å². The van der Waals surface area contributed by atoms with Gasteiger partial charge in [-0.25, -0.2) is 26.7 Å². The van der Waals surface area contributed by atoms with Crippen molar-refractivity contribution in [3.05, 3.63) is 34.9 Å². The highest BCUT2D eigenvalue weighted by Gasteiger charge is 2.32. The summed E-state index contributed by atoms with van der Waals surface area (Å²) >= 11 is 0. The van der Waals surface area contributed by atoms with Gasteiger partial charge < -0.3 is 5.11 Å². The SMILES string of the molecule is O=C(O)C(F)C(=O)c1cc(F)c(F)c(F)c1F. The highest BCUT2D eigenvalue weighted by Crippen LogP contribution is 2.20. The van der Waals surface area contributed by atoms with Gasteiger partial charge >= 0.3 is 5.97 Å². The molecule has 1 rings (SSSR count). The molecule has 3 nitrogen and oxygen atoms in total. The molecule has 1 unspecified atom stereocenters. The molecule has 0 amide bonds. The van der Waals surface area contributed by atoms with E-state index in [1.54, 1.807) is 0 Å². The molecule has 0 aliphatic heterocycles.